The Morgan fingerprint density at radius 3 is 1.39 bits per heavy atom. The summed E-state index contributed by atoms with van der Waals surface area (Å²) in [5.74, 6) is -1.44. The molecule has 4 heteroatoms. The molecule has 0 fully saturated rings. The van der Waals surface area contributed by atoms with Gasteiger partial charge in [0.15, 0.2) is 11.4 Å². The van der Waals surface area contributed by atoms with Crippen molar-refractivity contribution in [1.82, 2.24) is 0 Å². The first-order valence-corrected chi connectivity index (χ1v) is 10.9. The summed E-state index contributed by atoms with van der Waals surface area (Å²) in [7, 11) is 0. The van der Waals surface area contributed by atoms with Gasteiger partial charge in [0.1, 0.15) is 5.60 Å². The van der Waals surface area contributed by atoms with E-state index in [0.717, 1.165) is 11.1 Å². The van der Waals surface area contributed by atoms with Crippen molar-refractivity contribution >= 4 is 5.78 Å². The second-order valence-electron chi connectivity index (χ2n) is 8.09. The Hall–Kier alpha value is -3.57. The third-order valence-corrected chi connectivity index (χ3v) is 6.23. The second-order valence-corrected chi connectivity index (χ2v) is 8.09. The number of nitrogens with two attached hydrogens (primary N) is 1. The molecule has 166 valence electrons. The van der Waals surface area contributed by atoms with Crippen molar-refractivity contribution in [1.29, 1.82) is 0 Å². The zero-order valence-corrected chi connectivity index (χ0v) is 18.2. The molecular formula is C29H27NO3. The average Bonchev–Trinajstić information content (AvgIpc) is 2.90. The molecule has 2 unspecified atom stereocenters. The summed E-state index contributed by atoms with van der Waals surface area (Å²) in [5, 5.41) is 25.1. The lowest BCUT2D eigenvalue weighted by atomic mass is 9.61. The van der Waals surface area contributed by atoms with Crippen molar-refractivity contribution < 1.29 is 15.0 Å². The van der Waals surface area contributed by atoms with Crippen LogP contribution in [0.25, 0.3) is 0 Å². The number of Topliss-reactive ketones (excluding diaryl/α,β-unsaturated/α-hetero) is 1. The van der Waals surface area contributed by atoms with Crippen LogP contribution in [0.2, 0.25) is 0 Å². The predicted molar refractivity (Wildman–Crippen MR) is 129 cm³/mol. The molecule has 0 aliphatic heterocycles. The highest BCUT2D eigenvalue weighted by molar-refractivity contribution is 5.92. The van der Waals surface area contributed by atoms with Crippen LogP contribution in [0, 0.1) is 0 Å². The molecular weight excluding hydrogens is 410 g/mol. The van der Waals surface area contributed by atoms with Crippen LogP contribution in [0.4, 0.5) is 0 Å². The van der Waals surface area contributed by atoms with E-state index in [1.807, 2.05) is 66.7 Å². The SMILES string of the molecule is NCC(=O)C(O)(c1ccccc1)C(O)(c1ccccc1)C(c1ccccc1)c1ccccc1. The van der Waals surface area contributed by atoms with Crippen LogP contribution >= 0.6 is 0 Å². The molecule has 4 aromatic rings. The minimum Gasteiger partial charge on any atom is -0.380 e. The van der Waals surface area contributed by atoms with E-state index in [1.54, 1.807) is 54.6 Å². The van der Waals surface area contributed by atoms with Gasteiger partial charge in [0.2, 0.25) is 0 Å². The maximum absolute atomic E-state index is 13.5. The first kappa shape index (κ1) is 22.6. The van der Waals surface area contributed by atoms with E-state index in [-0.39, 0.29) is 5.56 Å². The number of benzene rings is 4. The molecule has 4 nitrogen and oxygen atoms in total. The van der Waals surface area contributed by atoms with Crippen LogP contribution in [-0.4, -0.2) is 22.5 Å². The Morgan fingerprint density at radius 1 is 0.636 bits per heavy atom. The Balaban J connectivity index is 2.12. The number of carbonyl (C=O) groups excluding carboxylic acids is 1. The first-order chi connectivity index (χ1) is 16.0. The largest absolute Gasteiger partial charge is 0.380 e. The minimum atomic E-state index is -2.32. The second kappa shape index (κ2) is 9.51. The minimum absolute atomic E-state index is 0.281. The van der Waals surface area contributed by atoms with Crippen molar-refractivity contribution in [3.63, 3.8) is 0 Å². The van der Waals surface area contributed by atoms with Gasteiger partial charge in [0, 0.05) is 5.92 Å². The predicted octanol–water partition coefficient (Wildman–Crippen LogP) is 4.12. The highest BCUT2D eigenvalue weighted by Gasteiger charge is 2.60. The summed E-state index contributed by atoms with van der Waals surface area (Å²) < 4.78 is 0. The molecule has 4 rings (SSSR count). The van der Waals surface area contributed by atoms with Gasteiger partial charge < -0.3 is 15.9 Å². The molecule has 0 amide bonds. The van der Waals surface area contributed by atoms with Gasteiger partial charge in [-0.05, 0) is 22.3 Å². The molecule has 4 aromatic carbocycles. The smallest absolute Gasteiger partial charge is 0.185 e. The maximum Gasteiger partial charge on any atom is 0.185 e. The maximum atomic E-state index is 13.5. The first-order valence-electron chi connectivity index (χ1n) is 10.9. The van der Waals surface area contributed by atoms with Crippen molar-refractivity contribution in [3.05, 3.63) is 144 Å². The summed E-state index contributed by atoms with van der Waals surface area (Å²) in [6, 6.07) is 36.3. The van der Waals surface area contributed by atoms with Gasteiger partial charge in [-0.3, -0.25) is 4.79 Å². The van der Waals surface area contributed by atoms with Crippen LogP contribution in [0.1, 0.15) is 28.2 Å². The van der Waals surface area contributed by atoms with Gasteiger partial charge in [0.05, 0.1) is 6.54 Å². The number of carbonyl (C=O) groups is 1. The summed E-state index contributed by atoms with van der Waals surface area (Å²) in [5.41, 5.74) is 3.64. The van der Waals surface area contributed by atoms with Gasteiger partial charge in [-0.15, -0.1) is 0 Å². The van der Waals surface area contributed by atoms with Crippen LogP contribution in [0.5, 0.6) is 0 Å². The molecule has 0 spiro atoms. The fourth-order valence-electron chi connectivity index (χ4n) is 4.66. The fourth-order valence-corrected chi connectivity index (χ4v) is 4.66. The van der Waals surface area contributed by atoms with Crippen LogP contribution in [0.15, 0.2) is 121 Å². The molecule has 33 heavy (non-hydrogen) atoms. The number of hydrogen-bond acceptors (Lipinski definition) is 4. The molecule has 2 atom stereocenters. The highest BCUT2D eigenvalue weighted by Crippen LogP contribution is 2.52. The van der Waals surface area contributed by atoms with Crippen LogP contribution < -0.4 is 5.73 Å². The Labute approximate surface area is 194 Å². The van der Waals surface area contributed by atoms with Crippen molar-refractivity contribution in [2.75, 3.05) is 6.54 Å². The lowest BCUT2D eigenvalue weighted by Crippen LogP contribution is -2.59. The summed E-state index contributed by atoms with van der Waals surface area (Å²) >= 11 is 0. The van der Waals surface area contributed by atoms with Crippen LogP contribution in [-0.2, 0) is 16.0 Å². The van der Waals surface area contributed by atoms with E-state index in [4.69, 9.17) is 5.73 Å². The molecule has 0 bridgehead atoms. The van der Waals surface area contributed by atoms with Crippen LogP contribution in [0.3, 0.4) is 0 Å². The van der Waals surface area contributed by atoms with E-state index in [0.29, 0.717) is 5.56 Å². The van der Waals surface area contributed by atoms with E-state index in [9.17, 15) is 15.0 Å². The van der Waals surface area contributed by atoms with Gasteiger partial charge in [-0.1, -0.05) is 121 Å². The Bertz CT molecular complexity index is 1140. The molecule has 4 N–H and O–H groups in total. The molecule has 0 radical (unpaired) electrons. The quantitative estimate of drug-likeness (QED) is 0.387. The average molecular weight is 438 g/mol. The van der Waals surface area contributed by atoms with E-state index < -0.39 is 29.4 Å². The zero-order chi connectivity index (χ0) is 23.3. The number of ketones is 1. The lowest BCUT2D eigenvalue weighted by Gasteiger charge is -2.48. The molecule has 0 aliphatic rings. The standard InChI is InChI=1S/C29H27NO3/c30-21-26(31)28(32,24-17-9-3-10-18-24)29(33,25-19-11-4-12-20-25)27(22-13-5-1-6-14-22)23-15-7-2-8-16-23/h1-20,27,32-33H,21,30H2. The van der Waals surface area contributed by atoms with E-state index in [1.165, 1.54) is 0 Å². The van der Waals surface area contributed by atoms with Crippen molar-refractivity contribution in [2.24, 2.45) is 5.73 Å². The van der Waals surface area contributed by atoms with Gasteiger partial charge in [0.25, 0.3) is 0 Å². The summed E-state index contributed by atoms with van der Waals surface area (Å²) in [6.45, 7) is -0.434. The number of aliphatic hydroxyl groups is 2. The molecule has 0 aromatic heterocycles. The molecule has 0 heterocycles. The Kier molecular flexibility index (Phi) is 6.52. The van der Waals surface area contributed by atoms with E-state index >= 15 is 0 Å². The zero-order valence-electron chi connectivity index (χ0n) is 18.2. The number of rotatable bonds is 8. The number of hydrogen-bond donors (Lipinski definition) is 3. The third kappa shape index (κ3) is 3.89. The van der Waals surface area contributed by atoms with Crippen molar-refractivity contribution in [3.8, 4) is 0 Å². The monoisotopic (exact) mass is 437 g/mol. The van der Waals surface area contributed by atoms with E-state index in [2.05, 4.69) is 0 Å². The summed E-state index contributed by atoms with van der Waals surface area (Å²) in [4.78, 5) is 13.5. The Morgan fingerprint density at radius 2 is 1.00 bits per heavy atom. The molecule has 0 saturated carbocycles. The van der Waals surface area contributed by atoms with Gasteiger partial charge in [-0.2, -0.15) is 0 Å². The fraction of sp³-hybridized carbons (Fsp3) is 0.138. The normalized spacial score (nSPS) is 14.9. The summed E-state index contributed by atoms with van der Waals surface area (Å²) in [6.07, 6.45) is 0. The molecule has 0 aliphatic carbocycles. The third-order valence-electron chi connectivity index (χ3n) is 6.23. The highest BCUT2D eigenvalue weighted by atomic mass is 16.4. The topological polar surface area (TPSA) is 83.6 Å². The van der Waals surface area contributed by atoms with Crippen molar-refractivity contribution in [2.45, 2.75) is 17.1 Å². The van der Waals surface area contributed by atoms with Gasteiger partial charge in [-0.25, -0.2) is 0 Å². The molecule has 0 saturated heterocycles. The van der Waals surface area contributed by atoms with Gasteiger partial charge >= 0.3 is 0 Å². The lowest BCUT2D eigenvalue weighted by molar-refractivity contribution is -0.185.